The zero-order chi connectivity index (χ0) is 14.8. The second kappa shape index (κ2) is 6.07. The third-order valence-electron chi connectivity index (χ3n) is 4.17. The first-order valence-electron chi connectivity index (χ1n) is 7.20. The number of hydrogen-bond acceptors (Lipinski definition) is 5. The first-order chi connectivity index (χ1) is 9.48. The van der Waals surface area contributed by atoms with Gasteiger partial charge in [0.05, 0.1) is 0 Å². The fourth-order valence-electron chi connectivity index (χ4n) is 2.85. The number of nitrogens with two attached hydrogens (primary N) is 1. The maximum atomic E-state index is 12.4. The third kappa shape index (κ3) is 2.94. The molecule has 7 nitrogen and oxygen atoms in total. The quantitative estimate of drug-likeness (QED) is 0.626. The monoisotopic (exact) mass is 283 g/mol. The Morgan fingerprint density at radius 2 is 1.90 bits per heavy atom. The molecule has 3 N–H and O–H groups in total. The van der Waals surface area contributed by atoms with Crippen molar-refractivity contribution in [3.05, 3.63) is 0 Å². The van der Waals surface area contributed by atoms with Crippen LogP contribution in [0.3, 0.4) is 0 Å². The molecule has 7 heteroatoms. The predicted molar refractivity (Wildman–Crippen MR) is 76.3 cm³/mol. The van der Waals surface area contributed by atoms with Gasteiger partial charge in [0.2, 0.25) is 0 Å². The van der Waals surface area contributed by atoms with Gasteiger partial charge in [0, 0.05) is 39.3 Å². The molecule has 2 rings (SSSR count). The maximum absolute atomic E-state index is 12.4. The van der Waals surface area contributed by atoms with Crippen molar-refractivity contribution in [1.82, 2.24) is 20.0 Å². The Labute approximate surface area is 120 Å². The molecule has 0 aromatic carbocycles. The van der Waals surface area contributed by atoms with Crippen molar-refractivity contribution >= 4 is 11.9 Å². The molecule has 0 bridgehead atoms. The van der Waals surface area contributed by atoms with Gasteiger partial charge in [-0.1, -0.05) is 0 Å². The molecule has 0 aromatic heterocycles. The summed E-state index contributed by atoms with van der Waals surface area (Å²) in [6.07, 6.45) is 1.37. The number of rotatable bonds is 5. The van der Waals surface area contributed by atoms with Crippen LogP contribution in [0.1, 0.15) is 12.8 Å². The van der Waals surface area contributed by atoms with Gasteiger partial charge < -0.3 is 20.9 Å². The van der Waals surface area contributed by atoms with Gasteiger partial charge >= 0.3 is 6.03 Å². The summed E-state index contributed by atoms with van der Waals surface area (Å²) in [4.78, 5) is 30.0. The van der Waals surface area contributed by atoms with Crippen LogP contribution in [0.2, 0.25) is 0 Å². The number of nitrogens with one attached hydrogen (secondary N) is 1. The number of carbonyl (C=O) groups is 2. The van der Waals surface area contributed by atoms with Crippen molar-refractivity contribution in [3.8, 4) is 0 Å². The molecule has 0 aromatic rings. The van der Waals surface area contributed by atoms with E-state index in [0.29, 0.717) is 25.9 Å². The van der Waals surface area contributed by atoms with Crippen LogP contribution in [0.5, 0.6) is 0 Å². The van der Waals surface area contributed by atoms with E-state index in [9.17, 15) is 9.59 Å². The Morgan fingerprint density at radius 1 is 1.25 bits per heavy atom. The molecule has 0 radical (unpaired) electrons. The Bertz CT molecular complexity index is 377. The molecule has 0 saturated carbocycles. The molecule has 0 aliphatic carbocycles. The lowest BCUT2D eigenvalue weighted by atomic mass is 9.87. The SMILES string of the molecule is CN(C)CCN1CCC2(CC1)NC(=O)N(CCN)C2=O. The van der Waals surface area contributed by atoms with Gasteiger partial charge in [-0.25, -0.2) is 4.79 Å². The zero-order valence-corrected chi connectivity index (χ0v) is 12.4. The maximum Gasteiger partial charge on any atom is 0.325 e. The summed E-state index contributed by atoms with van der Waals surface area (Å²) in [5.41, 5.74) is 4.77. The van der Waals surface area contributed by atoms with Crippen LogP contribution in [-0.4, -0.2) is 85.5 Å². The van der Waals surface area contributed by atoms with E-state index in [1.807, 2.05) is 0 Å². The van der Waals surface area contributed by atoms with Gasteiger partial charge in [-0.05, 0) is 26.9 Å². The van der Waals surface area contributed by atoms with Gasteiger partial charge in [0.1, 0.15) is 5.54 Å². The standard InChI is InChI=1S/C13H25N5O2/c1-16(2)9-10-17-6-3-13(4-7-17)11(19)18(8-5-14)12(20)15-13/h3-10,14H2,1-2H3,(H,15,20). The van der Waals surface area contributed by atoms with Gasteiger partial charge in [0.25, 0.3) is 5.91 Å². The van der Waals surface area contributed by atoms with Crippen LogP contribution in [0.4, 0.5) is 4.79 Å². The van der Waals surface area contributed by atoms with Crippen LogP contribution in [0, 0.1) is 0 Å². The summed E-state index contributed by atoms with van der Waals surface area (Å²) in [7, 11) is 4.10. The van der Waals surface area contributed by atoms with E-state index in [2.05, 4.69) is 29.2 Å². The van der Waals surface area contributed by atoms with Gasteiger partial charge in [-0.3, -0.25) is 9.69 Å². The highest BCUT2D eigenvalue weighted by Gasteiger charge is 2.51. The van der Waals surface area contributed by atoms with E-state index in [4.69, 9.17) is 5.73 Å². The lowest BCUT2D eigenvalue weighted by molar-refractivity contribution is -0.132. The van der Waals surface area contributed by atoms with Crippen LogP contribution < -0.4 is 11.1 Å². The number of carbonyl (C=O) groups excluding carboxylic acids is 2. The number of likely N-dealkylation sites (tertiary alicyclic amines) is 1. The largest absolute Gasteiger partial charge is 0.329 e. The van der Waals surface area contributed by atoms with Crippen LogP contribution >= 0.6 is 0 Å². The molecule has 0 unspecified atom stereocenters. The Morgan fingerprint density at radius 3 is 2.45 bits per heavy atom. The number of amides is 3. The molecule has 1 spiro atoms. The normalized spacial score (nSPS) is 22.9. The number of hydrogen-bond donors (Lipinski definition) is 2. The molecule has 3 amide bonds. The molecule has 2 aliphatic heterocycles. The second-order valence-corrected chi connectivity index (χ2v) is 5.90. The summed E-state index contributed by atoms with van der Waals surface area (Å²) >= 11 is 0. The van der Waals surface area contributed by atoms with Crippen molar-refractivity contribution < 1.29 is 9.59 Å². The van der Waals surface area contributed by atoms with Crippen LogP contribution in [0.15, 0.2) is 0 Å². The topological polar surface area (TPSA) is 81.9 Å². The number of nitrogens with zero attached hydrogens (tertiary/aromatic N) is 3. The average Bonchev–Trinajstić information content (AvgIpc) is 2.63. The molecule has 20 heavy (non-hydrogen) atoms. The fraction of sp³-hybridized carbons (Fsp3) is 0.846. The lowest BCUT2D eigenvalue weighted by Gasteiger charge is -2.37. The molecule has 0 atom stereocenters. The molecule has 2 aliphatic rings. The number of imide groups is 1. The lowest BCUT2D eigenvalue weighted by Crippen LogP contribution is -2.55. The Balaban J connectivity index is 1.92. The van der Waals surface area contributed by atoms with Crippen molar-refractivity contribution in [2.24, 2.45) is 5.73 Å². The van der Waals surface area contributed by atoms with Gasteiger partial charge in [0.15, 0.2) is 0 Å². The van der Waals surface area contributed by atoms with Crippen molar-refractivity contribution in [3.63, 3.8) is 0 Å². The molecule has 114 valence electrons. The molecular formula is C13H25N5O2. The number of likely N-dealkylation sites (N-methyl/N-ethyl adjacent to an activating group) is 1. The zero-order valence-electron chi connectivity index (χ0n) is 12.4. The number of piperidine rings is 1. The fourth-order valence-corrected chi connectivity index (χ4v) is 2.85. The highest BCUT2D eigenvalue weighted by molar-refractivity contribution is 6.07. The Kier molecular flexibility index (Phi) is 4.62. The first-order valence-corrected chi connectivity index (χ1v) is 7.20. The van der Waals surface area contributed by atoms with E-state index < -0.39 is 5.54 Å². The average molecular weight is 283 g/mol. The summed E-state index contributed by atoms with van der Waals surface area (Å²) in [6, 6.07) is -0.290. The summed E-state index contributed by atoms with van der Waals surface area (Å²) in [5.74, 6) is -0.0970. The number of urea groups is 1. The molecular weight excluding hydrogens is 258 g/mol. The minimum atomic E-state index is -0.680. The molecule has 2 fully saturated rings. The van der Waals surface area contributed by atoms with E-state index in [-0.39, 0.29) is 11.9 Å². The predicted octanol–water partition coefficient (Wildman–Crippen LogP) is -1.11. The van der Waals surface area contributed by atoms with E-state index in [1.165, 1.54) is 4.90 Å². The van der Waals surface area contributed by atoms with Crippen molar-refractivity contribution in [2.75, 3.05) is 53.4 Å². The minimum Gasteiger partial charge on any atom is -0.329 e. The van der Waals surface area contributed by atoms with Gasteiger partial charge in [-0.2, -0.15) is 0 Å². The van der Waals surface area contributed by atoms with Crippen LogP contribution in [0.25, 0.3) is 0 Å². The minimum absolute atomic E-state index is 0.0970. The van der Waals surface area contributed by atoms with Gasteiger partial charge in [-0.15, -0.1) is 0 Å². The van der Waals surface area contributed by atoms with Crippen molar-refractivity contribution in [1.29, 1.82) is 0 Å². The molecule has 2 saturated heterocycles. The Hall–Kier alpha value is -1.18. The van der Waals surface area contributed by atoms with Crippen LogP contribution in [-0.2, 0) is 4.79 Å². The van der Waals surface area contributed by atoms with E-state index in [0.717, 1.165) is 26.2 Å². The summed E-state index contributed by atoms with van der Waals surface area (Å²) < 4.78 is 0. The third-order valence-corrected chi connectivity index (χ3v) is 4.17. The molecule has 2 heterocycles. The summed E-state index contributed by atoms with van der Waals surface area (Å²) in [5, 5.41) is 2.88. The highest BCUT2D eigenvalue weighted by atomic mass is 16.2. The van der Waals surface area contributed by atoms with E-state index in [1.54, 1.807) is 0 Å². The summed E-state index contributed by atoms with van der Waals surface area (Å²) in [6.45, 7) is 4.30. The van der Waals surface area contributed by atoms with E-state index >= 15 is 0 Å². The van der Waals surface area contributed by atoms with Crippen molar-refractivity contribution in [2.45, 2.75) is 18.4 Å². The smallest absolute Gasteiger partial charge is 0.325 e. The first kappa shape index (κ1) is 15.2. The second-order valence-electron chi connectivity index (χ2n) is 5.90. The highest BCUT2D eigenvalue weighted by Crippen LogP contribution is 2.29.